The molecule has 1 N–H and O–H groups in total. The zero-order valence-electron chi connectivity index (χ0n) is 14.4. The second-order valence-electron chi connectivity index (χ2n) is 6.70. The number of halogens is 1. The molecular weight excluding hydrogens is 372 g/mol. The Kier molecular flexibility index (Phi) is 5.47. The molecule has 2 aromatic rings. The van der Waals surface area contributed by atoms with Crippen molar-refractivity contribution in [3.05, 3.63) is 35.1 Å². The standard InChI is InChI=1S/C18H21ClN4O2S/c19-13-5-7-14(8-6-13)20-16(24)11-26-18-22-21-17(12-3-4-12)23(18)10-15-2-1-9-25-15/h5-8,12,15H,1-4,9-11H2,(H,20,24)/t15-/m1/s1. The zero-order chi connectivity index (χ0) is 17.9. The number of hydrogen-bond donors (Lipinski definition) is 1. The number of amides is 1. The van der Waals surface area contributed by atoms with Gasteiger partial charge in [0.15, 0.2) is 5.16 Å². The van der Waals surface area contributed by atoms with E-state index in [1.54, 1.807) is 24.3 Å². The number of nitrogens with one attached hydrogen (secondary N) is 1. The average Bonchev–Trinajstić information content (AvgIpc) is 3.20. The lowest BCUT2D eigenvalue weighted by Crippen LogP contribution is -2.19. The van der Waals surface area contributed by atoms with Crippen LogP contribution in [0.15, 0.2) is 29.4 Å². The largest absolute Gasteiger partial charge is 0.376 e. The Bertz CT molecular complexity index is 770. The first-order chi connectivity index (χ1) is 12.7. The van der Waals surface area contributed by atoms with E-state index in [2.05, 4.69) is 20.1 Å². The monoisotopic (exact) mass is 392 g/mol. The molecule has 26 heavy (non-hydrogen) atoms. The van der Waals surface area contributed by atoms with Crippen molar-refractivity contribution in [1.82, 2.24) is 14.8 Å². The zero-order valence-corrected chi connectivity index (χ0v) is 15.9. The number of carbonyl (C=O) groups is 1. The number of hydrogen-bond acceptors (Lipinski definition) is 5. The predicted octanol–water partition coefficient (Wildman–Crippen LogP) is 3.72. The Morgan fingerprint density at radius 1 is 1.27 bits per heavy atom. The maximum atomic E-state index is 12.2. The van der Waals surface area contributed by atoms with Gasteiger partial charge in [-0.15, -0.1) is 10.2 Å². The van der Waals surface area contributed by atoms with Crippen molar-refractivity contribution in [3.63, 3.8) is 0 Å². The van der Waals surface area contributed by atoms with Crippen LogP contribution in [-0.4, -0.2) is 39.1 Å². The second kappa shape index (κ2) is 7.98. The molecule has 1 aromatic heterocycles. The Hall–Kier alpha value is -1.57. The van der Waals surface area contributed by atoms with Crippen LogP contribution in [0.4, 0.5) is 5.69 Å². The van der Waals surface area contributed by atoms with Crippen LogP contribution < -0.4 is 5.32 Å². The number of anilines is 1. The molecule has 1 atom stereocenters. The Morgan fingerprint density at radius 2 is 2.08 bits per heavy atom. The molecule has 0 unspecified atom stereocenters. The Morgan fingerprint density at radius 3 is 2.77 bits per heavy atom. The molecular formula is C18H21ClN4O2S. The summed E-state index contributed by atoms with van der Waals surface area (Å²) in [6.45, 7) is 1.61. The molecule has 1 saturated heterocycles. The molecule has 2 heterocycles. The van der Waals surface area contributed by atoms with Crippen molar-refractivity contribution in [2.45, 2.75) is 49.4 Å². The summed E-state index contributed by atoms with van der Waals surface area (Å²) in [7, 11) is 0. The van der Waals surface area contributed by atoms with E-state index in [1.165, 1.54) is 24.6 Å². The molecule has 4 rings (SSSR count). The van der Waals surface area contributed by atoms with Gasteiger partial charge < -0.3 is 14.6 Å². The smallest absolute Gasteiger partial charge is 0.234 e. The van der Waals surface area contributed by atoms with E-state index in [-0.39, 0.29) is 17.8 Å². The van der Waals surface area contributed by atoms with Crippen LogP contribution in [0.25, 0.3) is 0 Å². The number of rotatable bonds is 7. The summed E-state index contributed by atoms with van der Waals surface area (Å²) in [5.41, 5.74) is 0.736. The topological polar surface area (TPSA) is 69.0 Å². The van der Waals surface area contributed by atoms with E-state index in [9.17, 15) is 4.79 Å². The van der Waals surface area contributed by atoms with Gasteiger partial charge in [0.25, 0.3) is 0 Å². The maximum absolute atomic E-state index is 12.2. The van der Waals surface area contributed by atoms with E-state index < -0.39 is 0 Å². The molecule has 2 fully saturated rings. The van der Waals surface area contributed by atoms with Gasteiger partial charge in [-0.1, -0.05) is 23.4 Å². The minimum Gasteiger partial charge on any atom is -0.376 e. The van der Waals surface area contributed by atoms with Gasteiger partial charge in [-0.25, -0.2) is 0 Å². The molecule has 1 amide bonds. The first-order valence-electron chi connectivity index (χ1n) is 8.92. The highest BCUT2D eigenvalue weighted by atomic mass is 35.5. The summed E-state index contributed by atoms with van der Waals surface area (Å²) in [6.07, 6.45) is 4.75. The molecule has 6 nitrogen and oxygen atoms in total. The van der Waals surface area contributed by atoms with Gasteiger partial charge in [-0.2, -0.15) is 0 Å². The highest BCUT2D eigenvalue weighted by Gasteiger charge is 2.31. The van der Waals surface area contributed by atoms with Gasteiger partial charge in [0, 0.05) is 23.2 Å². The van der Waals surface area contributed by atoms with Crippen molar-refractivity contribution in [1.29, 1.82) is 0 Å². The predicted molar refractivity (Wildman–Crippen MR) is 102 cm³/mol. The third-order valence-electron chi connectivity index (χ3n) is 4.56. The van der Waals surface area contributed by atoms with Crippen molar-refractivity contribution >= 4 is 35.0 Å². The second-order valence-corrected chi connectivity index (χ2v) is 8.08. The minimum atomic E-state index is -0.0723. The molecule has 0 spiro atoms. The summed E-state index contributed by atoms with van der Waals surface area (Å²) in [5, 5.41) is 13.0. The summed E-state index contributed by atoms with van der Waals surface area (Å²) in [5.74, 6) is 1.77. The van der Waals surface area contributed by atoms with Crippen LogP contribution in [0.1, 0.15) is 37.4 Å². The lowest BCUT2D eigenvalue weighted by molar-refractivity contribution is -0.113. The number of ether oxygens (including phenoxy) is 1. The van der Waals surface area contributed by atoms with Gasteiger partial charge in [-0.3, -0.25) is 4.79 Å². The molecule has 0 bridgehead atoms. The van der Waals surface area contributed by atoms with Gasteiger partial charge in [-0.05, 0) is 49.9 Å². The highest BCUT2D eigenvalue weighted by molar-refractivity contribution is 7.99. The molecule has 1 aromatic carbocycles. The van der Waals surface area contributed by atoms with E-state index in [0.717, 1.165) is 42.7 Å². The van der Waals surface area contributed by atoms with Gasteiger partial charge in [0.2, 0.25) is 5.91 Å². The van der Waals surface area contributed by atoms with Gasteiger partial charge in [0.05, 0.1) is 18.4 Å². The fourth-order valence-corrected chi connectivity index (χ4v) is 3.96. The highest BCUT2D eigenvalue weighted by Crippen LogP contribution is 2.40. The van der Waals surface area contributed by atoms with E-state index in [4.69, 9.17) is 16.3 Å². The van der Waals surface area contributed by atoms with Crippen LogP contribution >= 0.6 is 23.4 Å². The molecule has 8 heteroatoms. The fourth-order valence-electron chi connectivity index (χ4n) is 3.07. The van der Waals surface area contributed by atoms with Crippen molar-refractivity contribution < 1.29 is 9.53 Å². The number of nitrogens with zero attached hydrogens (tertiary/aromatic N) is 3. The van der Waals surface area contributed by atoms with Crippen LogP contribution in [0.3, 0.4) is 0 Å². The number of aromatic nitrogens is 3. The third-order valence-corrected chi connectivity index (χ3v) is 5.78. The number of benzene rings is 1. The van der Waals surface area contributed by atoms with Crippen molar-refractivity contribution in [2.75, 3.05) is 17.7 Å². The van der Waals surface area contributed by atoms with Crippen LogP contribution in [0.5, 0.6) is 0 Å². The minimum absolute atomic E-state index is 0.0723. The average molecular weight is 393 g/mol. The third kappa shape index (κ3) is 4.39. The van der Waals surface area contributed by atoms with Crippen LogP contribution in [0, 0.1) is 0 Å². The van der Waals surface area contributed by atoms with Crippen molar-refractivity contribution in [2.24, 2.45) is 0 Å². The number of thioether (sulfide) groups is 1. The van der Waals surface area contributed by atoms with Crippen LogP contribution in [0.2, 0.25) is 5.02 Å². The van der Waals surface area contributed by atoms with Gasteiger partial charge in [0.1, 0.15) is 5.82 Å². The molecule has 1 aliphatic carbocycles. The molecule has 138 valence electrons. The molecule has 2 aliphatic rings. The number of carbonyl (C=O) groups excluding carboxylic acids is 1. The SMILES string of the molecule is O=C(CSc1nnc(C2CC2)n1C[C@H]1CCCO1)Nc1ccc(Cl)cc1. The summed E-state index contributed by atoms with van der Waals surface area (Å²) in [4.78, 5) is 12.2. The molecule has 1 saturated carbocycles. The first kappa shape index (κ1) is 17.8. The lowest BCUT2D eigenvalue weighted by atomic mass is 10.2. The normalized spacial score (nSPS) is 19.7. The van der Waals surface area contributed by atoms with E-state index in [1.807, 2.05) is 0 Å². The summed E-state index contributed by atoms with van der Waals surface area (Å²) < 4.78 is 7.94. The Balaban J connectivity index is 1.39. The Labute approximate surface area is 161 Å². The maximum Gasteiger partial charge on any atom is 0.234 e. The molecule has 1 aliphatic heterocycles. The summed E-state index contributed by atoms with van der Waals surface area (Å²) in [6, 6.07) is 7.08. The molecule has 0 radical (unpaired) electrons. The van der Waals surface area contributed by atoms with Crippen LogP contribution in [-0.2, 0) is 16.1 Å². The lowest BCUT2D eigenvalue weighted by Gasteiger charge is -2.14. The first-order valence-corrected chi connectivity index (χ1v) is 10.3. The van der Waals surface area contributed by atoms with Crippen molar-refractivity contribution in [3.8, 4) is 0 Å². The quantitative estimate of drug-likeness (QED) is 0.727. The van der Waals surface area contributed by atoms with E-state index >= 15 is 0 Å². The summed E-state index contributed by atoms with van der Waals surface area (Å²) >= 11 is 7.29. The van der Waals surface area contributed by atoms with E-state index in [0.29, 0.717) is 10.9 Å². The van der Waals surface area contributed by atoms with Gasteiger partial charge >= 0.3 is 0 Å². The fraction of sp³-hybridized carbons (Fsp3) is 0.500.